The average molecular weight is 298 g/mol. The third-order valence-corrected chi connectivity index (χ3v) is 3.32. The quantitative estimate of drug-likeness (QED) is 0.911. The van der Waals surface area contributed by atoms with E-state index in [9.17, 15) is 4.39 Å². The Kier molecular flexibility index (Phi) is 3.91. The number of aromatic amines is 1. The lowest BCUT2D eigenvalue weighted by Gasteiger charge is -2.06. The second-order valence-electron chi connectivity index (χ2n) is 3.81. The summed E-state index contributed by atoms with van der Waals surface area (Å²) in [5.41, 5.74) is 2.94. The van der Waals surface area contributed by atoms with Gasteiger partial charge in [0.05, 0.1) is 12.0 Å². The molecule has 0 saturated carbocycles. The Hall–Kier alpha value is -1.20. The molecule has 90 valence electrons. The molecule has 0 aliphatic rings. The molecular formula is C12H13BrFN3. The Bertz CT molecular complexity index is 510. The zero-order valence-electron chi connectivity index (χ0n) is 9.43. The molecule has 0 atom stereocenters. The van der Waals surface area contributed by atoms with Crippen molar-refractivity contribution in [1.82, 2.24) is 15.3 Å². The van der Waals surface area contributed by atoms with Crippen molar-refractivity contribution in [3.05, 3.63) is 51.8 Å². The number of nitrogens with zero attached hydrogens (tertiary/aromatic N) is 1. The maximum atomic E-state index is 13.0. The minimum absolute atomic E-state index is 0.221. The van der Waals surface area contributed by atoms with Crippen molar-refractivity contribution in [3.8, 4) is 0 Å². The fourth-order valence-corrected chi connectivity index (χ4v) is 1.95. The van der Waals surface area contributed by atoms with Gasteiger partial charge in [0, 0.05) is 23.3 Å². The van der Waals surface area contributed by atoms with Crippen LogP contribution in [0.5, 0.6) is 0 Å². The lowest BCUT2D eigenvalue weighted by molar-refractivity contribution is 0.618. The van der Waals surface area contributed by atoms with E-state index in [-0.39, 0.29) is 5.82 Å². The Labute approximate surface area is 108 Å². The first-order valence-electron chi connectivity index (χ1n) is 5.30. The number of nitrogens with one attached hydrogen (secondary N) is 2. The van der Waals surface area contributed by atoms with Crippen molar-refractivity contribution >= 4 is 15.9 Å². The average Bonchev–Trinajstić information content (AvgIpc) is 2.70. The van der Waals surface area contributed by atoms with Crippen LogP contribution in [0.3, 0.4) is 0 Å². The number of imidazole rings is 1. The second kappa shape index (κ2) is 5.42. The van der Waals surface area contributed by atoms with Gasteiger partial charge in [-0.1, -0.05) is 15.9 Å². The zero-order chi connectivity index (χ0) is 12.3. The van der Waals surface area contributed by atoms with Gasteiger partial charge in [-0.3, -0.25) is 0 Å². The van der Waals surface area contributed by atoms with E-state index in [4.69, 9.17) is 0 Å². The minimum atomic E-state index is -0.221. The molecule has 0 fully saturated rings. The van der Waals surface area contributed by atoms with Crippen LogP contribution in [0, 0.1) is 12.7 Å². The fraction of sp³-hybridized carbons (Fsp3) is 0.250. The number of benzene rings is 1. The van der Waals surface area contributed by atoms with Crippen LogP contribution < -0.4 is 5.32 Å². The lowest BCUT2D eigenvalue weighted by atomic mass is 10.2. The van der Waals surface area contributed by atoms with Gasteiger partial charge in [-0.05, 0) is 30.7 Å². The van der Waals surface area contributed by atoms with E-state index < -0.39 is 0 Å². The van der Waals surface area contributed by atoms with Gasteiger partial charge < -0.3 is 10.3 Å². The molecule has 0 aliphatic heterocycles. The van der Waals surface area contributed by atoms with E-state index in [1.54, 1.807) is 12.4 Å². The largest absolute Gasteiger partial charge is 0.348 e. The summed E-state index contributed by atoms with van der Waals surface area (Å²) in [6.07, 6.45) is 1.67. The van der Waals surface area contributed by atoms with Crippen molar-refractivity contribution in [2.24, 2.45) is 0 Å². The smallest absolute Gasteiger partial charge is 0.123 e. The molecule has 0 saturated heterocycles. The number of aromatic nitrogens is 2. The normalized spacial score (nSPS) is 10.8. The minimum Gasteiger partial charge on any atom is -0.348 e. The molecule has 1 aromatic heterocycles. The summed E-state index contributed by atoms with van der Waals surface area (Å²) < 4.78 is 14.0. The summed E-state index contributed by atoms with van der Waals surface area (Å²) in [5, 5.41) is 3.23. The molecule has 0 unspecified atom stereocenters. The number of H-pyrrole nitrogens is 1. The number of hydrogen-bond acceptors (Lipinski definition) is 2. The van der Waals surface area contributed by atoms with E-state index in [0.29, 0.717) is 13.1 Å². The van der Waals surface area contributed by atoms with Gasteiger partial charge >= 0.3 is 0 Å². The molecule has 17 heavy (non-hydrogen) atoms. The van der Waals surface area contributed by atoms with Gasteiger partial charge in [0.2, 0.25) is 0 Å². The standard InChI is InChI=1S/C12H13BrFN3/c1-8-12(17-7-16-8)6-15-5-9-4-10(14)2-3-11(9)13/h2-4,7,15H,5-6H2,1H3,(H,16,17). The van der Waals surface area contributed by atoms with Crippen LogP contribution in [0.2, 0.25) is 0 Å². The molecule has 0 radical (unpaired) electrons. The molecule has 2 rings (SSSR count). The van der Waals surface area contributed by atoms with Gasteiger partial charge in [-0.2, -0.15) is 0 Å². The van der Waals surface area contributed by atoms with Crippen molar-refractivity contribution in [3.63, 3.8) is 0 Å². The molecule has 0 bridgehead atoms. The topological polar surface area (TPSA) is 40.7 Å². The first kappa shape index (κ1) is 12.3. The highest BCUT2D eigenvalue weighted by molar-refractivity contribution is 9.10. The Morgan fingerprint density at radius 1 is 1.41 bits per heavy atom. The van der Waals surface area contributed by atoms with Gasteiger partial charge in [0.15, 0.2) is 0 Å². The van der Waals surface area contributed by atoms with E-state index >= 15 is 0 Å². The summed E-state index contributed by atoms with van der Waals surface area (Å²) >= 11 is 3.40. The molecule has 1 heterocycles. The Balaban J connectivity index is 1.94. The molecule has 0 aliphatic carbocycles. The maximum absolute atomic E-state index is 13.0. The molecule has 0 amide bonds. The molecule has 5 heteroatoms. The number of halogens is 2. The highest BCUT2D eigenvalue weighted by Crippen LogP contribution is 2.17. The van der Waals surface area contributed by atoms with Gasteiger partial charge in [-0.25, -0.2) is 9.37 Å². The third-order valence-electron chi connectivity index (χ3n) is 2.55. The Morgan fingerprint density at radius 3 is 2.94 bits per heavy atom. The lowest BCUT2D eigenvalue weighted by Crippen LogP contribution is -2.14. The van der Waals surface area contributed by atoms with Crippen LogP contribution in [0.1, 0.15) is 17.0 Å². The third kappa shape index (κ3) is 3.14. The molecule has 2 N–H and O–H groups in total. The van der Waals surface area contributed by atoms with Crippen LogP contribution in [0.25, 0.3) is 0 Å². The monoisotopic (exact) mass is 297 g/mol. The molecule has 1 aromatic carbocycles. The summed E-state index contributed by atoms with van der Waals surface area (Å²) in [6.45, 7) is 3.24. The van der Waals surface area contributed by atoms with Crippen LogP contribution >= 0.6 is 15.9 Å². The zero-order valence-corrected chi connectivity index (χ0v) is 11.0. The summed E-state index contributed by atoms with van der Waals surface area (Å²) in [6, 6.07) is 4.67. The predicted molar refractivity (Wildman–Crippen MR) is 68.0 cm³/mol. The van der Waals surface area contributed by atoms with Crippen LogP contribution in [-0.2, 0) is 13.1 Å². The first-order chi connectivity index (χ1) is 8.16. The van der Waals surface area contributed by atoms with Crippen molar-refractivity contribution in [2.75, 3.05) is 0 Å². The highest BCUT2D eigenvalue weighted by Gasteiger charge is 2.03. The number of hydrogen-bond donors (Lipinski definition) is 2. The summed E-state index contributed by atoms with van der Waals surface area (Å²) in [4.78, 5) is 7.20. The molecule has 0 spiro atoms. The number of aryl methyl sites for hydroxylation is 1. The Morgan fingerprint density at radius 2 is 2.24 bits per heavy atom. The summed E-state index contributed by atoms with van der Waals surface area (Å²) in [5.74, 6) is -0.221. The van der Waals surface area contributed by atoms with E-state index in [1.807, 2.05) is 6.92 Å². The highest BCUT2D eigenvalue weighted by atomic mass is 79.9. The summed E-state index contributed by atoms with van der Waals surface area (Å²) in [7, 11) is 0. The number of rotatable bonds is 4. The van der Waals surface area contributed by atoms with Gasteiger partial charge in [0.1, 0.15) is 5.82 Å². The van der Waals surface area contributed by atoms with Crippen molar-refractivity contribution in [2.45, 2.75) is 20.0 Å². The maximum Gasteiger partial charge on any atom is 0.123 e. The molecule has 2 aromatic rings. The van der Waals surface area contributed by atoms with Crippen LogP contribution in [0.4, 0.5) is 4.39 Å². The second-order valence-corrected chi connectivity index (χ2v) is 4.67. The van der Waals surface area contributed by atoms with Crippen molar-refractivity contribution < 1.29 is 4.39 Å². The van der Waals surface area contributed by atoms with Crippen LogP contribution in [0.15, 0.2) is 29.0 Å². The predicted octanol–water partition coefficient (Wildman–Crippen LogP) is 2.91. The van der Waals surface area contributed by atoms with E-state index in [2.05, 4.69) is 31.2 Å². The van der Waals surface area contributed by atoms with Gasteiger partial charge in [-0.15, -0.1) is 0 Å². The van der Waals surface area contributed by atoms with Gasteiger partial charge in [0.25, 0.3) is 0 Å². The van der Waals surface area contributed by atoms with Crippen molar-refractivity contribution in [1.29, 1.82) is 0 Å². The fourth-order valence-electron chi connectivity index (χ4n) is 1.56. The first-order valence-corrected chi connectivity index (χ1v) is 6.09. The molecule has 3 nitrogen and oxygen atoms in total. The molecular weight excluding hydrogens is 285 g/mol. The van der Waals surface area contributed by atoms with E-state index in [0.717, 1.165) is 21.4 Å². The van der Waals surface area contributed by atoms with E-state index in [1.165, 1.54) is 12.1 Å². The van der Waals surface area contributed by atoms with Crippen LogP contribution in [-0.4, -0.2) is 9.97 Å². The SMILES string of the molecule is Cc1[nH]cnc1CNCc1cc(F)ccc1Br.